The zero-order valence-electron chi connectivity index (χ0n) is 9.96. The van der Waals surface area contributed by atoms with E-state index in [0.29, 0.717) is 21.4 Å². The largest absolute Gasteiger partial charge is 0.478 e. The maximum Gasteiger partial charge on any atom is 0.328 e. The van der Waals surface area contributed by atoms with Gasteiger partial charge < -0.3 is 9.84 Å². The van der Waals surface area contributed by atoms with E-state index in [1.165, 1.54) is 18.5 Å². The molecule has 1 aromatic heterocycles. The monoisotopic (exact) mass is 310 g/mol. The van der Waals surface area contributed by atoms with E-state index in [0.717, 1.165) is 6.08 Å². The summed E-state index contributed by atoms with van der Waals surface area (Å²) in [4.78, 5) is 18.3. The highest BCUT2D eigenvalue weighted by Gasteiger charge is 2.03. The first kappa shape index (κ1) is 14.3. The van der Waals surface area contributed by atoms with Crippen LogP contribution in [0.15, 0.2) is 36.7 Å². The molecule has 1 heterocycles. The molecule has 2 rings (SSSR count). The fraction of sp³-hybridized carbons (Fsp3) is 0. The second-order valence-corrected chi connectivity index (χ2v) is 4.55. The van der Waals surface area contributed by atoms with Gasteiger partial charge in [0.15, 0.2) is 0 Å². The number of aromatic nitrogens is 2. The molecule has 0 aliphatic carbocycles. The number of carbonyl (C=O) groups is 1. The third-order valence-electron chi connectivity index (χ3n) is 2.11. The van der Waals surface area contributed by atoms with Crippen molar-refractivity contribution in [1.29, 1.82) is 0 Å². The van der Waals surface area contributed by atoms with Gasteiger partial charge in [0, 0.05) is 34.1 Å². The summed E-state index contributed by atoms with van der Waals surface area (Å²) in [5, 5.41) is 9.38. The number of nitrogens with zero attached hydrogens (tertiary/aromatic N) is 2. The molecule has 0 radical (unpaired) electrons. The Morgan fingerprint density at radius 1 is 1.15 bits per heavy atom. The van der Waals surface area contributed by atoms with Crippen molar-refractivity contribution in [1.82, 2.24) is 9.97 Å². The van der Waals surface area contributed by atoms with Crippen molar-refractivity contribution in [2.75, 3.05) is 0 Å². The maximum absolute atomic E-state index is 10.4. The highest BCUT2D eigenvalue weighted by atomic mass is 35.5. The molecule has 0 atom stereocenters. The predicted molar refractivity (Wildman–Crippen MR) is 75.2 cm³/mol. The lowest BCUT2D eigenvalue weighted by atomic mass is 10.3. The highest BCUT2D eigenvalue weighted by Crippen LogP contribution is 2.26. The Morgan fingerprint density at radius 3 is 2.30 bits per heavy atom. The molecule has 1 N–H and O–H groups in total. The molecule has 0 amide bonds. The molecular formula is C13H8Cl2N2O3. The molecule has 0 fully saturated rings. The van der Waals surface area contributed by atoms with E-state index in [-0.39, 0.29) is 6.01 Å². The van der Waals surface area contributed by atoms with Gasteiger partial charge in [0.1, 0.15) is 5.75 Å². The van der Waals surface area contributed by atoms with Gasteiger partial charge in [-0.1, -0.05) is 23.2 Å². The predicted octanol–water partition coefficient (Wildman–Crippen LogP) is 3.67. The van der Waals surface area contributed by atoms with Crippen LogP contribution >= 0.6 is 23.2 Å². The summed E-state index contributed by atoms with van der Waals surface area (Å²) in [5.74, 6) is -0.629. The molecule has 0 spiro atoms. The van der Waals surface area contributed by atoms with Gasteiger partial charge in [0.05, 0.1) is 0 Å². The van der Waals surface area contributed by atoms with E-state index in [9.17, 15) is 4.79 Å². The molecule has 7 heteroatoms. The van der Waals surface area contributed by atoms with Gasteiger partial charge in [0.2, 0.25) is 0 Å². The fourth-order valence-corrected chi connectivity index (χ4v) is 1.83. The Balaban J connectivity index is 2.12. The van der Waals surface area contributed by atoms with Crippen LogP contribution in [0.4, 0.5) is 0 Å². The summed E-state index contributed by atoms with van der Waals surface area (Å²) >= 11 is 11.7. The molecule has 0 aliphatic rings. The zero-order valence-corrected chi connectivity index (χ0v) is 11.5. The molecule has 20 heavy (non-hydrogen) atoms. The summed E-state index contributed by atoms with van der Waals surface area (Å²) < 4.78 is 5.39. The Labute approximate surface area is 124 Å². The van der Waals surface area contributed by atoms with E-state index in [2.05, 4.69) is 9.97 Å². The van der Waals surface area contributed by atoms with Crippen LogP contribution in [0.1, 0.15) is 5.56 Å². The fourth-order valence-electron chi connectivity index (χ4n) is 1.33. The summed E-state index contributed by atoms with van der Waals surface area (Å²) in [7, 11) is 0. The zero-order chi connectivity index (χ0) is 14.5. The van der Waals surface area contributed by atoms with E-state index >= 15 is 0 Å². The minimum absolute atomic E-state index is 0.107. The van der Waals surface area contributed by atoms with Crippen molar-refractivity contribution in [3.63, 3.8) is 0 Å². The van der Waals surface area contributed by atoms with Gasteiger partial charge in [-0.3, -0.25) is 0 Å². The van der Waals surface area contributed by atoms with Crippen LogP contribution < -0.4 is 4.74 Å². The van der Waals surface area contributed by atoms with E-state index in [1.807, 2.05) is 0 Å². The first-order chi connectivity index (χ1) is 9.52. The quantitative estimate of drug-likeness (QED) is 0.872. The number of rotatable bonds is 4. The second kappa shape index (κ2) is 6.36. The van der Waals surface area contributed by atoms with Crippen LogP contribution in [0.2, 0.25) is 10.0 Å². The number of hydrogen-bond acceptors (Lipinski definition) is 4. The third-order valence-corrected chi connectivity index (χ3v) is 2.55. The van der Waals surface area contributed by atoms with Crippen molar-refractivity contribution >= 4 is 35.2 Å². The van der Waals surface area contributed by atoms with Gasteiger partial charge in [0.25, 0.3) is 0 Å². The van der Waals surface area contributed by atoms with Crippen LogP contribution in [-0.4, -0.2) is 21.0 Å². The Bertz CT molecular complexity index is 637. The molecule has 0 saturated carbocycles. The molecule has 0 saturated heterocycles. The summed E-state index contributed by atoms with van der Waals surface area (Å²) in [6.07, 6.45) is 5.25. The second-order valence-electron chi connectivity index (χ2n) is 3.68. The van der Waals surface area contributed by atoms with Gasteiger partial charge in [-0.15, -0.1) is 0 Å². The maximum atomic E-state index is 10.4. The number of ether oxygens (including phenoxy) is 1. The minimum atomic E-state index is -1.04. The van der Waals surface area contributed by atoms with Gasteiger partial charge >= 0.3 is 12.0 Å². The van der Waals surface area contributed by atoms with Crippen molar-refractivity contribution < 1.29 is 14.6 Å². The number of carboxylic acid groups (broad SMARTS) is 1. The van der Waals surface area contributed by atoms with Crippen LogP contribution in [0, 0.1) is 0 Å². The molecular weight excluding hydrogens is 303 g/mol. The van der Waals surface area contributed by atoms with Gasteiger partial charge in [-0.2, -0.15) is 0 Å². The van der Waals surface area contributed by atoms with Crippen molar-refractivity contribution in [3.8, 4) is 11.8 Å². The van der Waals surface area contributed by atoms with Crippen LogP contribution in [0.3, 0.4) is 0 Å². The average molecular weight is 311 g/mol. The van der Waals surface area contributed by atoms with Crippen LogP contribution in [-0.2, 0) is 4.79 Å². The average Bonchev–Trinajstić information content (AvgIpc) is 2.36. The highest BCUT2D eigenvalue weighted by molar-refractivity contribution is 6.34. The molecule has 2 aromatic rings. The Morgan fingerprint density at radius 2 is 1.75 bits per heavy atom. The van der Waals surface area contributed by atoms with Crippen LogP contribution in [0.25, 0.3) is 6.08 Å². The standard InChI is InChI=1S/C13H8Cl2N2O3/c14-9-3-10(15)5-11(4-9)20-13-16-6-8(7-17-13)1-2-12(18)19/h1-7H,(H,18,19)/b2-1+. The number of benzene rings is 1. The van der Waals surface area contributed by atoms with Gasteiger partial charge in [-0.05, 0) is 24.3 Å². The summed E-state index contributed by atoms with van der Waals surface area (Å²) in [5.41, 5.74) is 0.545. The van der Waals surface area contributed by atoms with Crippen molar-refractivity contribution in [2.24, 2.45) is 0 Å². The molecule has 1 aromatic carbocycles. The number of halogens is 2. The molecule has 0 bridgehead atoms. The first-order valence-corrected chi connectivity index (χ1v) is 6.15. The molecule has 102 valence electrons. The smallest absolute Gasteiger partial charge is 0.328 e. The van der Waals surface area contributed by atoms with E-state index < -0.39 is 5.97 Å². The lowest BCUT2D eigenvalue weighted by Crippen LogP contribution is -1.92. The minimum Gasteiger partial charge on any atom is -0.478 e. The third kappa shape index (κ3) is 4.22. The number of carboxylic acids is 1. The summed E-state index contributed by atoms with van der Waals surface area (Å²) in [6, 6.07) is 4.84. The topological polar surface area (TPSA) is 72.3 Å². The lowest BCUT2D eigenvalue weighted by molar-refractivity contribution is -0.131. The number of aliphatic carboxylic acids is 1. The Kier molecular flexibility index (Phi) is 4.55. The van der Waals surface area contributed by atoms with Crippen molar-refractivity contribution in [2.45, 2.75) is 0 Å². The summed E-state index contributed by atoms with van der Waals surface area (Å²) in [6.45, 7) is 0. The Hall–Kier alpha value is -2.11. The normalized spacial score (nSPS) is 10.7. The lowest BCUT2D eigenvalue weighted by Gasteiger charge is -2.04. The van der Waals surface area contributed by atoms with Gasteiger partial charge in [-0.25, -0.2) is 14.8 Å². The van der Waals surface area contributed by atoms with E-state index in [4.69, 9.17) is 33.0 Å². The first-order valence-electron chi connectivity index (χ1n) is 5.40. The number of hydrogen-bond donors (Lipinski definition) is 1. The molecule has 0 unspecified atom stereocenters. The SMILES string of the molecule is O=C(O)/C=C/c1cnc(Oc2cc(Cl)cc(Cl)c2)nc1. The van der Waals surface area contributed by atoms with Crippen LogP contribution in [0.5, 0.6) is 11.8 Å². The molecule has 0 aliphatic heterocycles. The molecule has 5 nitrogen and oxygen atoms in total. The van der Waals surface area contributed by atoms with Crippen molar-refractivity contribution in [3.05, 3.63) is 52.3 Å². The van der Waals surface area contributed by atoms with E-state index in [1.54, 1.807) is 18.2 Å².